The molecule has 1 aromatic heterocycles. The van der Waals surface area contributed by atoms with Crippen LogP contribution in [0.2, 0.25) is 10.0 Å². The van der Waals surface area contributed by atoms with E-state index in [1.54, 1.807) is 12.1 Å². The maximum absolute atomic E-state index is 12.9. The topological polar surface area (TPSA) is 103 Å². The van der Waals surface area contributed by atoms with E-state index in [-0.39, 0.29) is 6.10 Å². The average molecular weight is 674 g/mol. The summed E-state index contributed by atoms with van der Waals surface area (Å²) in [5.41, 5.74) is 3.73. The highest BCUT2D eigenvalue weighted by Gasteiger charge is 2.46. The van der Waals surface area contributed by atoms with Crippen LogP contribution in [0.5, 0.6) is 0 Å². The van der Waals surface area contributed by atoms with Gasteiger partial charge in [0.25, 0.3) is 5.91 Å². The average Bonchev–Trinajstić information content (AvgIpc) is 3.44. The Morgan fingerprint density at radius 1 is 1.09 bits per heavy atom. The number of halogens is 2. The number of benzene rings is 2. The van der Waals surface area contributed by atoms with E-state index in [0.717, 1.165) is 43.6 Å². The number of carbonyl (C=O) groups is 1. The zero-order chi connectivity index (χ0) is 31.5. The minimum atomic E-state index is -3.81. The van der Waals surface area contributed by atoms with Crippen molar-refractivity contribution in [1.29, 1.82) is 0 Å². The largest absolute Gasteiger partial charge is 0.375 e. The second-order valence-electron chi connectivity index (χ2n) is 13.4. The fraction of sp³-hybridized carbons (Fsp3) is 0.515. The molecule has 240 valence electrons. The lowest BCUT2D eigenvalue weighted by Crippen LogP contribution is -2.46. The number of piperidine rings is 1. The third kappa shape index (κ3) is 6.24. The van der Waals surface area contributed by atoms with E-state index < -0.39 is 26.8 Å². The molecular weight excluding hydrogens is 635 g/mol. The highest BCUT2D eigenvalue weighted by atomic mass is 35.5. The molecule has 2 saturated carbocycles. The first-order chi connectivity index (χ1) is 21.5. The van der Waals surface area contributed by atoms with Gasteiger partial charge in [0.2, 0.25) is 10.0 Å². The summed E-state index contributed by atoms with van der Waals surface area (Å²) in [6, 6.07) is 13.0. The van der Waals surface area contributed by atoms with Crippen molar-refractivity contribution >= 4 is 44.8 Å². The number of hydrogen-bond donors (Lipinski definition) is 1. The minimum absolute atomic E-state index is 0.133. The third-order valence-corrected chi connectivity index (χ3v) is 12.1. The van der Waals surface area contributed by atoms with Gasteiger partial charge >= 0.3 is 0 Å². The number of fused-ring (bicyclic) bond motifs is 2. The Labute approximate surface area is 274 Å². The van der Waals surface area contributed by atoms with Gasteiger partial charge in [0.05, 0.1) is 45.5 Å². The molecule has 4 atom stereocenters. The molecule has 4 aliphatic rings. The van der Waals surface area contributed by atoms with Crippen molar-refractivity contribution < 1.29 is 22.7 Å². The van der Waals surface area contributed by atoms with Gasteiger partial charge in [-0.3, -0.25) is 4.79 Å². The molecular formula is C33H38Cl2N4O5S. The maximum atomic E-state index is 12.9. The van der Waals surface area contributed by atoms with Crippen LogP contribution in [0.15, 0.2) is 48.7 Å². The Bertz CT molecular complexity index is 1690. The quantitative estimate of drug-likeness (QED) is 0.286. The van der Waals surface area contributed by atoms with Gasteiger partial charge in [0.15, 0.2) is 0 Å². The fourth-order valence-electron chi connectivity index (χ4n) is 7.28. The number of anilines is 1. The fourth-order valence-corrected chi connectivity index (χ4v) is 9.41. The molecule has 2 aliphatic heterocycles. The number of carbonyl (C=O) groups excluding carboxylic acids is 1. The van der Waals surface area contributed by atoms with E-state index in [1.165, 1.54) is 5.56 Å². The summed E-state index contributed by atoms with van der Waals surface area (Å²) in [6.07, 6.45) is 7.04. The van der Waals surface area contributed by atoms with E-state index in [0.29, 0.717) is 65.2 Å². The molecule has 7 rings (SSSR count). The molecule has 1 amide bonds. The molecule has 3 aromatic rings. The van der Waals surface area contributed by atoms with Gasteiger partial charge in [-0.2, -0.15) is 5.10 Å². The maximum Gasteiger partial charge on any atom is 0.264 e. The number of sulfonamides is 1. The van der Waals surface area contributed by atoms with Gasteiger partial charge in [0.1, 0.15) is 5.69 Å². The van der Waals surface area contributed by atoms with E-state index >= 15 is 0 Å². The summed E-state index contributed by atoms with van der Waals surface area (Å²) in [6.45, 7) is 5.40. The molecule has 0 spiro atoms. The number of nitrogens with zero attached hydrogens (tertiary/aromatic N) is 3. The Kier molecular flexibility index (Phi) is 8.17. The van der Waals surface area contributed by atoms with Crippen molar-refractivity contribution in [3.63, 3.8) is 0 Å². The molecule has 2 saturated heterocycles. The Morgan fingerprint density at radius 2 is 1.82 bits per heavy atom. The zero-order valence-corrected chi connectivity index (χ0v) is 27.7. The lowest BCUT2D eigenvalue weighted by molar-refractivity contribution is -0.0496. The van der Waals surface area contributed by atoms with Crippen LogP contribution in [0.25, 0.3) is 5.69 Å². The predicted octanol–water partition coefficient (Wildman–Crippen LogP) is 6.26. The van der Waals surface area contributed by atoms with Crippen molar-refractivity contribution in [2.24, 2.45) is 5.92 Å². The molecule has 2 aliphatic carbocycles. The van der Waals surface area contributed by atoms with Crippen molar-refractivity contribution in [2.45, 2.75) is 87.9 Å². The van der Waals surface area contributed by atoms with Crippen LogP contribution in [0.1, 0.15) is 79.9 Å². The van der Waals surface area contributed by atoms with Crippen LogP contribution < -0.4 is 9.62 Å². The van der Waals surface area contributed by atoms with Gasteiger partial charge in [-0.1, -0.05) is 29.3 Å². The van der Waals surface area contributed by atoms with Crippen LogP contribution in [0.4, 0.5) is 5.69 Å². The summed E-state index contributed by atoms with van der Waals surface area (Å²) >= 11 is 13.1. The molecule has 9 nitrogen and oxygen atoms in total. The van der Waals surface area contributed by atoms with Crippen molar-refractivity contribution in [2.75, 3.05) is 18.1 Å². The summed E-state index contributed by atoms with van der Waals surface area (Å²) in [5, 5.41) is 5.13. The lowest BCUT2D eigenvalue weighted by atomic mass is 9.98. The molecule has 4 fully saturated rings. The number of hydrogen-bond acceptors (Lipinski definition) is 7. The van der Waals surface area contributed by atoms with E-state index in [4.69, 9.17) is 32.7 Å². The molecule has 45 heavy (non-hydrogen) atoms. The highest BCUT2D eigenvalue weighted by molar-refractivity contribution is 7.90. The van der Waals surface area contributed by atoms with Crippen LogP contribution in [0, 0.1) is 5.92 Å². The second kappa shape index (κ2) is 11.9. The van der Waals surface area contributed by atoms with E-state index in [9.17, 15) is 13.2 Å². The van der Waals surface area contributed by atoms with Crippen molar-refractivity contribution in [3.05, 3.63) is 75.5 Å². The first kappa shape index (κ1) is 31.0. The minimum Gasteiger partial charge on any atom is -0.375 e. The molecule has 1 N–H and O–H groups in total. The predicted molar refractivity (Wildman–Crippen MR) is 174 cm³/mol. The molecule has 0 radical (unpaired) electrons. The SMILES string of the molecule is CC1(C)CC(S(=O)(=O)NC(=O)c2ccc(N3C[C@@H]4C[C@H]3C[C@H]4OCc3c(C4CC4)cnn3-c3c(Cl)cccc3Cl)cc2)CCO1. The number of aromatic nitrogens is 2. The number of rotatable bonds is 9. The van der Waals surface area contributed by atoms with Crippen LogP contribution in [-0.4, -0.2) is 60.3 Å². The standard InChI is InChI=1S/C33H38Cl2N4O5S/c1-33(2)16-25(12-13-44-33)45(41,42)37-32(40)21-8-10-23(11-9-21)38-18-22-14-24(38)15-30(22)43-19-29-26(20-6-7-20)17-36-39(29)31-27(34)4-3-5-28(31)35/h3-5,8-11,17,20,22,24-25,30H,6-7,12-16,18-19H2,1-2H3,(H,37,40)/t22-,24-,25?,30+/m0/s1. The number of nitrogens with one attached hydrogen (secondary N) is 1. The number of para-hydroxylation sites is 1. The lowest BCUT2D eigenvalue weighted by Gasteiger charge is -2.35. The first-order valence-electron chi connectivity index (χ1n) is 15.7. The van der Waals surface area contributed by atoms with Gasteiger partial charge in [-0.05, 0) is 100 Å². The molecule has 1 unspecified atom stereocenters. The first-order valence-corrected chi connectivity index (χ1v) is 18.0. The van der Waals surface area contributed by atoms with E-state index in [2.05, 4.69) is 14.7 Å². The molecule has 12 heteroatoms. The van der Waals surface area contributed by atoms with Crippen LogP contribution >= 0.6 is 23.2 Å². The second-order valence-corrected chi connectivity index (χ2v) is 16.2. The summed E-state index contributed by atoms with van der Waals surface area (Å²) in [4.78, 5) is 15.3. The van der Waals surface area contributed by atoms with Gasteiger partial charge in [-0.25, -0.2) is 17.8 Å². The number of amides is 1. The summed E-state index contributed by atoms with van der Waals surface area (Å²) in [7, 11) is -3.81. The number of ether oxygens (including phenoxy) is 2. The van der Waals surface area contributed by atoms with Crippen LogP contribution in [0.3, 0.4) is 0 Å². The summed E-state index contributed by atoms with van der Waals surface area (Å²) < 4.78 is 42.2. The Balaban J connectivity index is 0.978. The van der Waals surface area contributed by atoms with Gasteiger partial charge in [0, 0.05) is 36.4 Å². The van der Waals surface area contributed by atoms with Crippen LogP contribution in [-0.2, 0) is 26.1 Å². The monoisotopic (exact) mass is 672 g/mol. The van der Waals surface area contributed by atoms with E-state index in [1.807, 2.05) is 55.1 Å². The molecule has 2 aromatic carbocycles. The molecule has 3 heterocycles. The van der Waals surface area contributed by atoms with Crippen molar-refractivity contribution in [3.8, 4) is 5.69 Å². The smallest absolute Gasteiger partial charge is 0.264 e. The van der Waals surface area contributed by atoms with Gasteiger partial charge < -0.3 is 14.4 Å². The Hall–Kier alpha value is -2.63. The third-order valence-electron chi connectivity index (χ3n) is 9.77. The normalized spacial score (nSPS) is 25.9. The van der Waals surface area contributed by atoms with Gasteiger partial charge in [-0.15, -0.1) is 0 Å². The highest BCUT2D eigenvalue weighted by Crippen LogP contribution is 2.45. The Morgan fingerprint density at radius 3 is 2.47 bits per heavy atom. The molecule has 2 bridgehead atoms. The van der Waals surface area contributed by atoms with Crippen molar-refractivity contribution in [1.82, 2.24) is 14.5 Å². The summed E-state index contributed by atoms with van der Waals surface area (Å²) in [5.74, 6) is 0.287. The zero-order valence-electron chi connectivity index (χ0n) is 25.4.